The fourth-order valence-electron chi connectivity index (χ4n) is 1.68. The Bertz CT molecular complexity index is 566. The normalized spacial score (nSPS) is 11.0. The second kappa shape index (κ2) is 5.16. The standard InChI is InChI=1S/C12H13Cl2N3O/c1-7(2)11-15-16-12(14)17(11)8-4-5-10(18-3)9(13)6-8/h4-7H,1-3H3. The zero-order valence-corrected chi connectivity index (χ0v) is 11.8. The van der Waals surface area contributed by atoms with Crippen LogP contribution in [-0.4, -0.2) is 21.9 Å². The van der Waals surface area contributed by atoms with Crippen LogP contribution in [0.3, 0.4) is 0 Å². The molecule has 1 aromatic carbocycles. The Hall–Kier alpha value is -1.26. The van der Waals surface area contributed by atoms with E-state index in [1.807, 2.05) is 19.9 Å². The molecule has 1 heterocycles. The van der Waals surface area contributed by atoms with Gasteiger partial charge in [-0.1, -0.05) is 25.4 Å². The molecule has 0 saturated heterocycles. The van der Waals surface area contributed by atoms with Gasteiger partial charge in [-0.05, 0) is 29.8 Å². The topological polar surface area (TPSA) is 39.9 Å². The second-order valence-electron chi connectivity index (χ2n) is 4.14. The minimum atomic E-state index is 0.214. The molecule has 0 fully saturated rings. The Morgan fingerprint density at radius 3 is 2.50 bits per heavy atom. The van der Waals surface area contributed by atoms with Crippen molar-refractivity contribution >= 4 is 23.2 Å². The highest BCUT2D eigenvalue weighted by atomic mass is 35.5. The van der Waals surface area contributed by atoms with Crippen molar-refractivity contribution in [1.29, 1.82) is 0 Å². The first-order valence-corrected chi connectivity index (χ1v) is 6.25. The molecule has 0 N–H and O–H groups in total. The molecular weight excluding hydrogens is 273 g/mol. The molecule has 4 nitrogen and oxygen atoms in total. The van der Waals surface area contributed by atoms with Crippen LogP contribution in [-0.2, 0) is 0 Å². The molecule has 6 heteroatoms. The highest BCUT2D eigenvalue weighted by Crippen LogP contribution is 2.29. The minimum absolute atomic E-state index is 0.214. The number of benzene rings is 1. The predicted octanol–water partition coefficient (Wildman–Crippen LogP) is 3.71. The first-order valence-electron chi connectivity index (χ1n) is 5.49. The molecule has 0 atom stereocenters. The molecule has 0 aliphatic carbocycles. The van der Waals surface area contributed by atoms with Crippen molar-refractivity contribution in [1.82, 2.24) is 14.8 Å². The molecule has 18 heavy (non-hydrogen) atoms. The van der Waals surface area contributed by atoms with Crippen molar-refractivity contribution in [2.75, 3.05) is 7.11 Å². The zero-order chi connectivity index (χ0) is 13.3. The molecule has 0 aliphatic heterocycles. The van der Waals surface area contributed by atoms with Gasteiger partial charge in [-0.2, -0.15) is 0 Å². The number of halogens is 2. The van der Waals surface area contributed by atoms with Crippen LogP contribution >= 0.6 is 23.2 Å². The Morgan fingerprint density at radius 1 is 1.22 bits per heavy atom. The maximum absolute atomic E-state index is 6.11. The van der Waals surface area contributed by atoms with Gasteiger partial charge < -0.3 is 4.74 Å². The average molecular weight is 286 g/mol. The van der Waals surface area contributed by atoms with Gasteiger partial charge in [-0.3, -0.25) is 4.57 Å². The van der Waals surface area contributed by atoms with Crippen LogP contribution in [0, 0.1) is 0 Å². The van der Waals surface area contributed by atoms with E-state index in [9.17, 15) is 0 Å². The van der Waals surface area contributed by atoms with E-state index in [2.05, 4.69) is 10.2 Å². The smallest absolute Gasteiger partial charge is 0.229 e. The van der Waals surface area contributed by atoms with Gasteiger partial charge in [0.05, 0.1) is 17.8 Å². The van der Waals surface area contributed by atoms with Crippen LogP contribution < -0.4 is 4.74 Å². The molecule has 96 valence electrons. The molecule has 0 unspecified atom stereocenters. The third-order valence-electron chi connectivity index (χ3n) is 2.56. The highest BCUT2D eigenvalue weighted by Gasteiger charge is 2.16. The Balaban J connectivity index is 2.55. The first kappa shape index (κ1) is 13.2. The van der Waals surface area contributed by atoms with Crippen LogP contribution in [0.5, 0.6) is 5.75 Å². The van der Waals surface area contributed by atoms with Gasteiger partial charge in [-0.15, -0.1) is 10.2 Å². The molecule has 0 radical (unpaired) electrons. The lowest BCUT2D eigenvalue weighted by Gasteiger charge is -2.11. The molecule has 0 amide bonds. The van der Waals surface area contributed by atoms with E-state index in [0.717, 1.165) is 11.5 Å². The zero-order valence-electron chi connectivity index (χ0n) is 10.3. The van der Waals surface area contributed by atoms with Crippen LogP contribution in [0.2, 0.25) is 10.3 Å². The van der Waals surface area contributed by atoms with E-state index >= 15 is 0 Å². The van der Waals surface area contributed by atoms with E-state index in [4.69, 9.17) is 27.9 Å². The molecule has 0 spiro atoms. The third-order valence-corrected chi connectivity index (χ3v) is 3.10. The molecule has 1 aromatic heterocycles. The predicted molar refractivity (Wildman–Crippen MR) is 72.0 cm³/mol. The molecule has 2 rings (SSSR count). The number of ether oxygens (including phenoxy) is 1. The van der Waals surface area contributed by atoms with Crippen molar-refractivity contribution in [2.45, 2.75) is 19.8 Å². The molecule has 0 saturated carbocycles. The van der Waals surface area contributed by atoms with E-state index in [1.54, 1.807) is 23.8 Å². The van der Waals surface area contributed by atoms with Gasteiger partial charge in [0.1, 0.15) is 11.6 Å². The van der Waals surface area contributed by atoms with Crippen molar-refractivity contribution in [3.63, 3.8) is 0 Å². The van der Waals surface area contributed by atoms with E-state index in [-0.39, 0.29) is 5.92 Å². The summed E-state index contributed by atoms with van der Waals surface area (Å²) in [6.07, 6.45) is 0. The number of nitrogens with zero attached hydrogens (tertiary/aromatic N) is 3. The minimum Gasteiger partial charge on any atom is -0.495 e. The fourth-order valence-corrected chi connectivity index (χ4v) is 2.16. The maximum atomic E-state index is 6.11. The van der Waals surface area contributed by atoms with Gasteiger partial charge in [0.15, 0.2) is 0 Å². The van der Waals surface area contributed by atoms with E-state index in [0.29, 0.717) is 16.1 Å². The van der Waals surface area contributed by atoms with Crippen LogP contribution in [0.25, 0.3) is 5.69 Å². The molecule has 0 bridgehead atoms. The molecule has 2 aromatic rings. The third kappa shape index (κ3) is 2.31. The van der Waals surface area contributed by atoms with Crippen molar-refractivity contribution in [3.8, 4) is 11.4 Å². The van der Waals surface area contributed by atoms with E-state index in [1.165, 1.54) is 0 Å². The fraction of sp³-hybridized carbons (Fsp3) is 0.333. The van der Waals surface area contributed by atoms with Crippen LogP contribution in [0.1, 0.15) is 25.6 Å². The summed E-state index contributed by atoms with van der Waals surface area (Å²) in [7, 11) is 1.58. The summed E-state index contributed by atoms with van der Waals surface area (Å²) < 4.78 is 6.90. The quantitative estimate of drug-likeness (QED) is 0.863. The highest BCUT2D eigenvalue weighted by molar-refractivity contribution is 6.32. The average Bonchev–Trinajstić information content (AvgIpc) is 2.71. The van der Waals surface area contributed by atoms with Gasteiger partial charge in [-0.25, -0.2) is 0 Å². The van der Waals surface area contributed by atoms with E-state index < -0.39 is 0 Å². The summed E-state index contributed by atoms with van der Waals surface area (Å²) in [4.78, 5) is 0. The summed E-state index contributed by atoms with van der Waals surface area (Å²) in [6, 6.07) is 5.44. The summed E-state index contributed by atoms with van der Waals surface area (Å²) in [6.45, 7) is 4.06. The van der Waals surface area contributed by atoms with Gasteiger partial charge in [0, 0.05) is 5.92 Å². The van der Waals surface area contributed by atoms with Gasteiger partial charge >= 0.3 is 0 Å². The summed E-state index contributed by atoms with van der Waals surface area (Å²) in [5.74, 6) is 1.63. The second-order valence-corrected chi connectivity index (χ2v) is 4.88. The van der Waals surface area contributed by atoms with Crippen molar-refractivity contribution < 1.29 is 4.74 Å². The Labute approximate surface area is 115 Å². The Morgan fingerprint density at radius 2 is 1.94 bits per heavy atom. The lowest BCUT2D eigenvalue weighted by molar-refractivity contribution is 0.415. The number of aromatic nitrogens is 3. The lowest BCUT2D eigenvalue weighted by atomic mass is 10.2. The van der Waals surface area contributed by atoms with Crippen molar-refractivity contribution in [3.05, 3.63) is 34.3 Å². The molecular formula is C12H13Cl2N3O. The summed E-state index contributed by atoms with van der Waals surface area (Å²) >= 11 is 12.2. The lowest BCUT2D eigenvalue weighted by Crippen LogP contribution is -2.03. The van der Waals surface area contributed by atoms with Crippen LogP contribution in [0.4, 0.5) is 0 Å². The number of rotatable bonds is 3. The largest absolute Gasteiger partial charge is 0.495 e. The monoisotopic (exact) mass is 285 g/mol. The number of methoxy groups -OCH3 is 1. The van der Waals surface area contributed by atoms with Gasteiger partial charge in [0.25, 0.3) is 0 Å². The first-order chi connectivity index (χ1) is 8.54. The SMILES string of the molecule is COc1ccc(-n2c(Cl)nnc2C(C)C)cc1Cl. The molecule has 0 aliphatic rings. The van der Waals surface area contributed by atoms with Crippen molar-refractivity contribution in [2.24, 2.45) is 0 Å². The maximum Gasteiger partial charge on any atom is 0.229 e. The van der Waals surface area contributed by atoms with Gasteiger partial charge in [0.2, 0.25) is 5.28 Å². The Kier molecular flexibility index (Phi) is 3.78. The summed E-state index contributed by atoms with van der Waals surface area (Å²) in [5, 5.41) is 8.80. The summed E-state index contributed by atoms with van der Waals surface area (Å²) in [5.41, 5.74) is 0.819. The number of hydrogen-bond donors (Lipinski definition) is 0. The number of hydrogen-bond acceptors (Lipinski definition) is 3. The van der Waals surface area contributed by atoms with Crippen LogP contribution in [0.15, 0.2) is 18.2 Å².